The third-order valence-electron chi connectivity index (χ3n) is 4.44. The molecular weight excluding hydrogens is 292 g/mol. The molecule has 1 unspecified atom stereocenters. The molecule has 1 aliphatic rings. The number of benzene rings is 1. The highest BCUT2D eigenvalue weighted by Crippen LogP contribution is 2.38. The van der Waals surface area contributed by atoms with Gasteiger partial charge in [0.1, 0.15) is 12.1 Å². The second-order valence-electron chi connectivity index (χ2n) is 7.68. The third kappa shape index (κ3) is 4.31. The first-order valence-electron chi connectivity index (χ1n) is 8.09. The number of ether oxygens (including phenoxy) is 1. The van der Waals surface area contributed by atoms with Crippen molar-refractivity contribution in [3.8, 4) is 0 Å². The second-order valence-corrected chi connectivity index (χ2v) is 7.68. The van der Waals surface area contributed by atoms with Crippen molar-refractivity contribution in [1.82, 2.24) is 5.06 Å². The van der Waals surface area contributed by atoms with Gasteiger partial charge in [0.05, 0.1) is 0 Å². The van der Waals surface area contributed by atoms with Gasteiger partial charge in [0.15, 0.2) is 0 Å². The van der Waals surface area contributed by atoms with E-state index in [1.54, 1.807) is 0 Å². The Labute approximate surface area is 138 Å². The smallest absolute Gasteiger partial charge is 0.323 e. The Hall–Kier alpha value is -1.43. The molecule has 5 heteroatoms. The first-order chi connectivity index (χ1) is 10.6. The summed E-state index contributed by atoms with van der Waals surface area (Å²) < 4.78 is 5.62. The number of carbonyl (C=O) groups is 1. The van der Waals surface area contributed by atoms with Crippen LogP contribution in [0.3, 0.4) is 0 Å². The molecule has 1 aromatic carbocycles. The van der Waals surface area contributed by atoms with E-state index in [1.165, 1.54) is 0 Å². The average molecular weight is 319 g/mol. The van der Waals surface area contributed by atoms with E-state index in [0.717, 1.165) is 10.6 Å². The lowest BCUT2D eigenvalue weighted by Gasteiger charge is -2.49. The van der Waals surface area contributed by atoms with Crippen LogP contribution in [0.1, 0.15) is 46.1 Å². The normalized spacial score (nSPS) is 22.5. The van der Waals surface area contributed by atoms with E-state index in [0.29, 0.717) is 19.3 Å². The van der Waals surface area contributed by atoms with E-state index in [-0.39, 0.29) is 6.10 Å². The molecule has 1 fully saturated rings. The fourth-order valence-electron chi connectivity index (χ4n) is 3.46. The van der Waals surface area contributed by atoms with Gasteiger partial charge in [-0.05, 0) is 39.7 Å². The van der Waals surface area contributed by atoms with Gasteiger partial charge in [-0.25, -0.2) is 0 Å². The lowest BCUT2D eigenvalue weighted by atomic mass is 9.80. The maximum absolute atomic E-state index is 12.3. The zero-order valence-electron chi connectivity index (χ0n) is 14.4. The van der Waals surface area contributed by atoms with Crippen molar-refractivity contribution in [1.29, 1.82) is 0 Å². The number of hydrogen-bond donors (Lipinski definition) is 1. The number of hydroxylamine groups is 2. The molecule has 23 heavy (non-hydrogen) atoms. The first kappa shape index (κ1) is 17.9. The van der Waals surface area contributed by atoms with E-state index < -0.39 is 23.1 Å². The minimum absolute atomic E-state index is 0.278. The topological polar surface area (TPSA) is 75.5 Å². The Bertz CT molecular complexity index is 524. The van der Waals surface area contributed by atoms with Crippen LogP contribution in [-0.4, -0.2) is 34.3 Å². The van der Waals surface area contributed by atoms with Crippen molar-refractivity contribution in [2.75, 3.05) is 0 Å². The molecular formula is C18H27N2O3. The molecule has 1 heterocycles. The first-order valence-corrected chi connectivity index (χ1v) is 8.09. The van der Waals surface area contributed by atoms with Gasteiger partial charge >= 0.3 is 5.97 Å². The maximum Gasteiger partial charge on any atom is 0.323 e. The zero-order chi connectivity index (χ0) is 17.3. The summed E-state index contributed by atoms with van der Waals surface area (Å²) in [4.78, 5) is 12.3. The lowest BCUT2D eigenvalue weighted by molar-refractivity contribution is -0.299. The van der Waals surface area contributed by atoms with Crippen molar-refractivity contribution in [2.45, 2.75) is 70.2 Å². The SMILES string of the molecule is CC1(C)CC(OC(=O)C(N)Cc2ccccc2)CC(C)(C)N1[O]. The molecule has 2 N–H and O–H groups in total. The van der Waals surface area contributed by atoms with Gasteiger partial charge in [0.2, 0.25) is 0 Å². The van der Waals surface area contributed by atoms with Crippen LogP contribution >= 0.6 is 0 Å². The second kappa shape index (κ2) is 6.59. The Morgan fingerprint density at radius 1 is 1.22 bits per heavy atom. The summed E-state index contributed by atoms with van der Waals surface area (Å²) in [6.45, 7) is 7.52. The van der Waals surface area contributed by atoms with Gasteiger partial charge in [-0.1, -0.05) is 30.3 Å². The molecule has 0 amide bonds. The largest absolute Gasteiger partial charge is 0.461 e. The maximum atomic E-state index is 12.3. The number of hydrogen-bond acceptors (Lipinski definition) is 4. The van der Waals surface area contributed by atoms with Gasteiger partial charge in [0, 0.05) is 23.9 Å². The predicted octanol–water partition coefficient (Wildman–Crippen LogP) is 2.47. The van der Waals surface area contributed by atoms with Crippen LogP contribution < -0.4 is 5.73 Å². The number of rotatable bonds is 4. The summed E-state index contributed by atoms with van der Waals surface area (Å²) in [5, 5.41) is 13.4. The Kier molecular flexibility index (Phi) is 5.14. The monoisotopic (exact) mass is 319 g/mol. The molecule has 1 saturated heterocycles. The van der Waals surface area contributed by atoms with Gasteiger partial charge < -0.3 is 10.5 Å². The van der Waals surface area contributed by atoms with Crippen molar-refractivity contribution < 1.29 is 14.7 Å². The number of esters is 1. The molecule has 1 radical (unpaired) electrons. The molecule has 1 aromatic rings. The summed E-state index contributed by atoms with van der Waals surface area (Å²) in [6, 6.07) is 8.96. The van der Waals surface area contributed by atoms with E-state index in [9.17, 15) is 10.0 Å². The molecule has 2 rings (SSSR count). The fourth-order valence-corrected chi connectivity index (χ4v) is 3.46. The van der Waals surface area contributed by atoms with Crippen LogP contribution in [0.2, 0.25) is 0 Å². The standard InChI is InChI=1S/C18H27N2O3/c1-17(2)11-14(12-18(3,4)20(17)22)23-16(21)15(19)10-13-8-6-5-7-9-13/h5-9,14-15H,10-12,19H2,1-4H3. The number of nitrogens with two attached hydrogens (primary N) is 1. The van der Waals surface area contributed by atoms with Gasteiger partial charge in [-0.2, -0.15) is 0 Å². The van der Waals surface area contributed by atoms with E-state index in [4.69, 9.17) is 10.5 Å². The molecule has 0 spiro atoms. The quantitative estimate of drug-likeness (QED) is 0.865. The highest BCUT2D eigenvalue weighted by molar-refractivity contribution is 5.76. The Morgan fingerprint density at radius 3 is 2.26 bits per heavy atom. The number of nitrogens with zero attached hydrogens (tertiary/aromatic N) is 1. The van der Waals surface area contributed by atoms with Gasteiger partial charge in [-0.3, -0.25) is 4.79 Å². The van der Waals surface area contributed by atoms with Crippen LogP contribution in [-0.2, 0) is 21.2 Å². The summed E-state index contributed by atoms with van der Waals surface area (Å²) >= 11 is 0. The summed E-state index contributed by atoms with van der Waals surface area (Å²) in [6.07, 6.45) is 1.21. The van der Waals surface area contributed by atoms with Crippen LogP contribution in [0.15, 0.2) is 30.3 Å². The van der Waals surface area contributed by atoms with Gasteiger partial charge in [-0.15, -0.1) is 10.3 Å². The summed E-state index contributed by atoms with van der Waals surface area (Å²) in [7, 11) is 0. The van der Waals surface area contributed by atoms with E-state index in [1.807, 2.05) is 58.0 Å². The minimum Gasteiger partial charge on any atom is -0.461 e. The molecule has 127 valence electrons. The van der Waals surface area contributed by atoms with Gasteiger partial charge in [0.25, 0.3) is 0 Å². The molecule has 0 aromatic heterocycles. The summed E-state index contributed by atoms with van der Waals surface area (Å²) in [5.41, 5.74) is 5.87. The molecule has 0 bridgehead atoms. The highest BCUT2D eigenvalue weighted by atomic mass is 16.5. The average Bonchev–Trinajstić information content (AvgIpc) is 2.45. The zero-order valence-corrected chi connectivity index (χ0v) is 14.4. The molecule has 5 nitrogen and oxygen atoms in total. The Morgan fingerprint density at radius 2 is 1.74 bits per heavy atom. The van der Waals surface area contributed by atoms with Crippen LogP contribution in [0.25, 0.3) is 0 Å². The molecule has 0 saturated carbocycles. The third-order valence-corrected chi connectivity index (χ3v) is 4.44. The molecule has 0 aliphatic carbocycles. The van der Waals surface area contributed by atoms with Crippen LogP contribution in [0.4, 0.5) is 0 Å². The minimum atomic E-state index is -0.686. The van der Waals surface area contributed by atoms with Crippen LogP contribution in [0.5, 0.6) is 0 Å². The molecule has 1 aliphatic heterocycles. The van der Waals surface area contributed by atoms with E-state index >= 15 is 0 Å². The lowest BCUT2D eigenvalue weighted by Crippen LogP contribution is -2.60. The highest BCUT2D eigenvalue weighted by Gasteiger charge is 2.47. The van der Waals surface area contributed by atoms with Crippen LogP contribution in [0, 0.1) is 0 Å². The number of piperidine rings is 1. The van der Waals surface area contributed by atoms with E-state index in [2.05, 4.69) is 0 Å². The van der Waals surface area contributed by atoms with Crippen molar-refractivity contribution in [3.05, 3.63) is 35.9 Å². The summed E-state index contributed by atoms with van der Waals surface area (Å²) in [5.74, 6) is -0.398. The van der Waals surface area contributed by atoms with Crippen molar-refractivity contribution >= 4 is 5.97 Å². The molecule has 1 atom stereocenters. The number of carbonyl (C=O) groups excluding carboxylic acids is 1. The Balaban J connectivity index is 1.97. The predicted molar refractivity (Wildman–Crippen MR) is 87.9 cm³/mol. The van der Waals surface area contributed by atoms with Crippen molar-refractivity contribution in [3.63, 3.8) is 0 Å². The van der Waals surface area contributed by atoms with Crippen molar-refractivity contribution in [2.24, 2.45) is 5.73 Å². The fraction of sp³-hybridized carbons (Fsp3) is 0.611.